The van der Waals surface area contributed by atoms with E-state index < -0.39 is 5.95 Å². The van der Waals surface area contributed by atoms with Gasteiger partial charge in [-0.1, -0.05) is 6.08 Å². The zero-order valence-electron chi connectivity index (χ0n) is 6.57. The van der Waals surface area contributed by atoms with Crippen LogP contribution in [0.4, 0.5) is 10.1 Å². The summed E-state index contributed by atoms with van der Waals surface area (Å²) in [6, 6.07) is 3.11. The van der Waals surface area contributed by atoms with E-state index in [-0.39, 0.29) is 0 Å². The fourth-order valence-corrected chi connectivity index (χ4v) is 1.24. The maximum Gasteiger partial charge on any atom is 0.212 e. The molecule has 0 N–H and O–H groups in total. The molecule has 1 aliphatic rings. The standard InChI is InChI=1S/C9H9FN2/c10-9-4-3-8(7-11-9)12-5-1-2-6-12/h1,3-5,7H,2,6H2. The molecule has 1 aromatic rings. The van der Waals surface area contributed by atoms with Gasteiger partial charge in [0.25, 0.3) is 0 Å². The first-order valence-corrected chi connectivity index (χ1v) is 3.91. The molecule has 0 atom stereocenters. The third-order valence-corrected chi connectivity index (χ3v) is 1.87. The Kier molecular flexibility index (Phi) is 1.78. The zero-order valence-corrected chi connectivity index (χ0v) is 6.57. The summed E-state index contributed by atoms with van der Waals surface area (Å²) in [6.45, 7) is 0.966. The van der Waals surface area contributed by atoms with Crippen molar-refractivity contribution < 1.29 is 4.39 Å². The predicted octanol–water partition coefficient (Wildman–Crippen LogP) is 1.94. The SMILES string of the molecule is Fc1ccc(N2C=CCC2)cn1. The first-order chi connectivity index (χ1) is 5.86. The topological polar surface area (TPSA) is 16.1 Å². The van der Waals surface area contributed by atoms with Crippen LogP contribution in [-0.4, -0.2) is 11.5 Å². The van der Waals surface area contributed by atoms with Crippen LogP contribution in [0.25, 0.3) is 0 Å². The molecule has 0 aliphatic carbocycles. The van der Waals surface area contributed by atoms with Gasteiger partial charge in [-0.25, -0.2) is 4.98 Å². The number of hydrogen-bond acceptors (Lipinski definition) is 2. The van der Waals surface area contributed by atoms with E-state index in [1.807, 2.05) is 11.1 Å². The van der Waals surface area contributed by atoms with Gasteiger partial charge >= 0.3 is 0 Å². The Hall–Kier alpha value is -1.38. The van der Waals surface area contributed by atoms with Gasteiger partial charge < -0.3 is 4.90 Å². The average Bonchev–Trinajstić information content (AvgIpc) is 2.58. The summed E-state index contributed by atoms with van der Waals surface area (Å²) in [5, 5.41) is 0. The van der Waals surface area contributed by atoms with Crippen molar-refractivity contribution in [1.29, 1.82) is 0 Å². The Balaban J connectivity index is 2.23. The summed E-state index contributed by atoms with van der Waals surface area (Å²) < 4.78 is 12.4. The summed E-state index contributed by atoms with van der Waals surface area (Å²) in [6.07, 6.45) is 6.68. The van der Waals surface area contributed by atoms with Crippen molar-refractivity contribution in [3.05, 3.63) is 36.6 Å². The van der Waals surface area contributed by atoms with Crippen molar-refractivity contribution in [3.63, 3.8) is 0 Å². The second-order valence-electron chi connectivity index (χ2n) is 2.71. The number of hydrogen-bond donors (Lipinski definition) is 0. The quantitative estimate of drug-likeness (QED) is 0.590. The van der Waals surface area contributed by atoms with E-state index in [2.05, 4.69) is 11.1 Å². The summed E-state index contributed by atoms with van der Waals surface area (Å²) in [5.41, 5.74) is 0.949. The van der Waals surface area contributed by atoms with E-state index in [4.69, 9.17) is 0 Å². The van der Waals surface area contributed by atoms with Gasteiger partial charge in [-0.2, -0.15) is 4.39 Å². The Labute approximate surface area is 70.3 Å². The molecule has 0 fully saturated rings. The second kappa shape index (κ2) is 2.93. The molecule has 1 aromatic heterocycles. The van der Waals surface area contributed by atoms with Crippen LogP contribution in [0.1, 0.15) is 6.42 Å². The molecule has 0 unspecified atom stereocenters. The highest BCUT2D eigenvalue weighted by atomic mass is 19.1. The van der Waals surface area contributed by atoms with Gasteiger partial charge in [0.2, 0.25) is 5.95 Å². The molecule has 0 saturated heterocycles. The van der Waals surface area contributed by atoms with Crippen LogP contribution in [0.15, 0.2) is 30.6 Å². The minimum Gasteiger partial charge on any atom is -0.347 e. The molecule has 2 rings (SSSR count). The monoisotopic (exact) mass is 164 g/mol. The van der Waals surface area contributed by atoms with E-state index >= 15 is 0 Å². The smallest absolute Gasteiger partial charge is 0.212 e. The van der Waals surface area contributed by atoms with E-state index in [0.29, 0.717) is 0 Å². The number of nitrogens with zero attached hydrogens (tertiary/aromatic N) is 2. The fourth-order valence-electron chi connectivity index (χ4n) is 1.24. The molecule has 62 valence electrons. The van der Waals surface area contributed by atoms with Crippen LogP contribution in [-0.2, 0) is 0 Å². The van der Waals surface area contributed by atoms with Gasteiger partial charge in [0.1, 0.15) is 0 Å². The molecule has 0 aromatic carbocycles. The Bertz CT molecular complexity index is 292. The van der Waals surface area contributed by atoms with Crippen molar-refractivity contribution >= 4 is 5.69 Å². The lowest BCUT2D eigenvalue weighted by Gasteiger charge is -2.13. The first kappa shape index (κ1) is 7.28. The third-order valence-electron chi connectivity index (χ3n) is 1.87. The van der Waals surface area contributed by atoms with Crippen molar-refractivity contribution in [2.24, 2.45) is 0 Å². The molecule has 12 heavy (non-hydrogen) atoms. The highest BCUT2D eigenvalue weighted by Gasteiger charge is 2.06. The maximum absolute atomic E-state index is 12.4. The minimum atomic E-state index is -0.429. The Morgan fingerprint density at radius 2 is 2.33 bits per heavy atom. The predicted molar refractivity (Wildman–Crippen MR) is 45.3 cm³/mol. The molecule has 2 nitrogen and oxygen atoms in total. The van der Waals surface area contributed by atoms with E-state index in [1.54, 1.807) is 12.3 Å². The first-order valence-electron chi connectivity index (χ1n) is 3.91. The van der Waals surface area contributed by atoms with Gasteiger partial charge in [-0.15, -0.1) is 0 Å². The van der Waals surface area contributed by atoms with Crippen molar-refractivity contribution in [2.75, 3.05) is 11.4 Å². The van der Waals surface area contributed by atoms with Crippen LogP contribution >= 0.6 is 0 Å². The normalized spacial score (nSPS) is 15.6. The van der Waals surface area contributed by atoms with E-state index in [1.165, 1.54) is 6.07 Å². The maximum atomic E-state index is 12.4. The molecule has 3 heteroatoms. The van der Waals surface area contributed by atoms with E-state index in [0.717, 1.165) is 18.7 Å². The largest absolute Gasteiger partial charge is 0.347 e. The van der Waals surface area contributed by atoms with E-state index in [9.17, 15) is 4.39 Å². The number of rotatable bonds is 1. The van der Waals surface area contributed by atoms with Crippen molar-refractivity contribution in [2.45, 2.75) is 6.42 Å². The van der Waals surface area contributed by atoms with Crippen LogP contribution < -0.4 is 4.90 Å². The Morgan fingerprint density at radius 3 is 2.92 bits per heavy atom. The molecule has 2 heterocycles. The number of anilines is 1. The molecule has 0 saturated carbocycles. The molecule has 0 bridgehead atoms. The van der Waals surface area contributed by atoms with Gasteiger partial charge in [0.05, 0.1) is 11.9 Å². The third kappa shape index (κ3) is 1.30. The lowest BCUT2D eigenvalue weighted by molar-refractivity contribution is 0.583. The molecule has 0 radical (unpaired) electrons. The molecule has 1 aliphatic heterocycles. The second-order valence-corrected chi connectivity index (χ2v) is 2.71. The molecule has 0 amide bonds. The van der Waals surface area contributed by atoms with Gasteiger partial charge in [0, 0.05) is 12.7 Å². The fraction of sp³-hybridized carbons (Fsp3) is 0.222. The summed E-state index contributed by atoms with van der Waals surface area (Å²) in [4.78, 5) is 5.63. The average molecular weight is 164 g/mol. The molecular formula is C9H9FN2. The zero-order chi connectivity index (χ0) is 8.39. The summed E-state index contributed by atoms with van der Waals surface area (Å²) in [5.74, 6) is -0.429. The van der Waals surface area contributed by atoms with Gasteiger partial charge in [-0.3, -0.25) is 0 Å². The molecular weight excluding hydrogens is 155 g/mol. The Morgan fingerprint density at radius 1 is 1.42 bits per heavy atom. The number of aromatic nitrogens is 1. The van der Waals surface area contributed by atoms with Gasteiger partial charge in [-0.05, 0) is 18.6 Å². The summed E-state index contributed by atoms with van der Waals surface area (Å²) in [7, 11) is 0. The van der Waals surface area contributed by atoms with Crippen LogP contribution in [0.2, 0.25) is 0 Å². The van der Waals surface area contributed by atoms with Crippen molar-refractivity contribution in [3.8, 4) is 0 Å². The molecule has 0 spiro atoms. The minimum absolute atomic E-state index is 0.429. The lowest BCUT2D eigenvalue weighted by atomic mass is 10.4. The highest BCUT2D eigenvalue weighted by molar-refractivity contribution is 5.48. The van der Waals surface area contributed by atoms with Crippen molar-refractivity contribution in [1.82, 2.24) is 4.98 Å². The highest BCUT2D eigenvalue weighted by Crippen LogP contribution is 2.17. The number of halogens is 1. The van der Waals surface area contributed by atoms with Gasteiger partial charge in [0.15, 0.2) is 0 Å². The summed E-state index contributed by atoms with van der Waals surface area (Å²) >= 11 is 0. The van der Waals surface area contributed by atoms with Crippen LogP contribution in [0.5, 0.6) is 0 Å². The lowest BCUT2D eigenvalue weighted by Crippen LogP contribution is -2.12. The van der Waals surface area contributed by atoms with Crippen LogP contribution in [0, 0.1) is 5.95 Å². The number of pyridine rings is 1. The van der Waals surface area contributed by atoms with Crippen LogP contribution in [0.3, 0.4) is 0 Å².